The maximum atomic E-state index is 13.3. The van der Waals surface area contributed by atoms with E-state index in [4.69, 9.17) is 21.4 Å². The number of sulfonamides is 1. The number of esters is 1. The molecule has 3 rings (SSSR count). The SMILES string of the molecule is COC(=O)c1c(C)oc(C)c1S(=O)(=O)N1CCN(C(=S)Nc2ccc(C)cc2C)CC1. The molecule has 0 amide bonds. The number of aryl methyl sites for hydroxylation is 4. The lowest BCUT2D eigenvalue weighted by atomic mass is 10.1. The number of nitrogens with zero attached hydrogens (tertiary/aromatic N) is 2. The molecule has 1 aromatic carbocycles. The van der Waals surface area contributed by atoms with Crippen LogP contribution in [0.15, 0.2) is 27.5 Å². The lowest BCUT2D eigenvalue weighted by Gasteiger charge is -2.35. The molecule has 0 saturated carbocycles. The number of piperazine rings is 1. The topological polar surface area (TPSA) is 92.1 Å². The quantitative estimate of drug-likeness (QED) is 0.544. The molecule has 0 aliphatic carbocycles. The fraction of sp³-hybridized carbons (Fsp3) is 0.429. The fourth-order valence-electron chi connectivity index (χ4n) is 3.72. The number of ether oxygens (including phenoxy) is 1. The Kier molecular flexibility index (Phi) is 6.73. The second-order valence-corrected chi connectivity index (χ2v) is 9.81. The number of nitrogens with one attached hydrogen (secondary N) is 1. The fourth-order valence-corrected chi connectivity index (χ4v) is 5.81. The summed E-state index contributed by atoms with van der Waals surface area (Å²) in [4.78, 5) is 14.0. The van der Waals surface area contributed by atoms with E-state index in [-0.39, 0.29) is 35.1 Å². The maximum absolute atomic E-state index is 13.3. The summed E-state index contributed by atoms with van der Waals surface area (Å²) < 4.78 is 38.2. The summed E-state index contributed by atoms with van der Waals surface area (Å²) in [6.07, 6.45) is 0. The molecule has 8 nitrogen and oxygen atoms in total. The van der Waals surface area contributed by atoms with Gasteiger partial charge < -0.3 is 19.4 Å². The van der Waals surface area contributed by atoms with Gasteiger partial charge in [0, 0.05) is 31.9 Å². The van der Waals surface area contributed by atoms with Gasteiger partial charge in [-0.3, -0.25) is 0 Å². The normalized spacial score (nSPS) is 15.1. The number of hydrogen-bond acceptors (Lipinski definition) is 6. The number of thiocarbonyl (C=S) groups is 1. The molecular weight excluding hydrogens is 438 g/mol. The molecule has 0 atom stereocenters. The van der Waals surface area contributed by atoms with Crippen molar-refractivity contribution in [2.24, 2.45) is 0 Å². The number of furan rings is 1. The van der Waals surface area contributed by atoms with Gasteiger partial charge in [-0.05, 0) is 51.5 Å². The van der Waals surface area contributed by atoms with Gasteiger partial charge in [0.25, 0.3) is 0 Å². The van der Waals surface area contributed by atoms with Crippen LogP contribution in [0.5, 0.6) is 0 Å². The lowest BCUT2D eigenvalue weighted by molar-refractivity contribution is 0.0594. The minimum atomic E-state index is -3.93. The van der Waals surface area contributed by atoms with Crippen LogP contribution in [0.1, 0.15) is 33.0 Å². The average Bonchev–Trinajstić information content (AvgIpc) is 3.04. The Morgan fingerprint density at radius 1 is 1.10 bits per heavy atom. The van der Waals surface area contributed by atoms with E-state index in [0.717, 1.165) is 11.3 Å². The van der Waals surface area contributed by atoms with Crippen molar-refractivity contribution in [3.8, 4) is 0 Å². The number of methoxy groups -OCH3 is 1. The first-order chi connectivity index (χ1) is 14.6. The molecule has 168 valence electrons. The summed E-state index contributed by atoms with van der Waals surface area (Å²) in [5, 5.41) is 3.80. The van der Waals surface area contributed by atoms with Crippen molar-refractivity contribution in [2.45, 2.75) is 32.6 Å². The predicted molar refractivity (Wildman–Crippen MR) is 122 cm³/mol. The molecule has 0 radical (unpaired) electrons. The van der Waals surface area contributed by atoms with Crippen molar-refractivity contribution < 1.29 is 22.4 Å². The Labute approximate surface area is 188 Å². The van der Waals surface area contributed by atoms with E-state index in [2.05, 4.69) is 11.4 Å². The summed E-state index contributed by atoms with van der Waals surface area (Å²) in [6, 6.07) is 6.07. The average molecular weight is 466 g/mol. The van der Waals surface area contributed by atoms with Crippen LogP contribution < -0.4 is 5.32 Å². The molecular formula is C21H27N3O5S2. The van der Waals surface area contributed by atoms with Gasteiger partial charge in [-0.1, -0.05) is 17.7 Å². The zero-order chi connectivity index (χ0) is 22.9. The number of hydrogen-bond donors (Lipinski definition) is 1. The number of carbonyl (C=O) groups is 1. The number of anilines is 1. The van der Waals surface area contributed by atoms with Gasteiger partial charge in [-0.15, -0.1) is 0 Å². The van der Waals surface area contributed by atoms with E-state index in [0.29, 0.717) is 18.2 Å². The first kappa shape index (κ1) is 23.2. The lowest BCUT2D eigenvalue weighted by Crippen LogP contribution is -2.51. The van der Waals surface area contributed by atoms with Crippen LogP contribution >= 0.6 is 12.2 Å². The molecule has 0 unspecified atom stereocenters. The monoisotopic (exact) mass is 465 g/mol. The minimum absolute atomic E-state index is 0.0468. The molecule has 0 spiro atoms. The summed E-state index contributed by atoms with van der Waals surface area (Å²) in [5.41, 5.74) is 3.14. The largest absolute Gasteiger partial charge is 0.465 e. The molecule has 31 heavy (non-hydrogen) atoms. The minimum Gasteiger partial charge on any atom is -0.465 e. The standard InChI is InChI=1S/C21H27N3O5S2/c1-13-6-7-17(14(2)12-13)22-21(30)23-8-10-24(11-9-23)31(26,27)19-16(4)29-15(3)18(19)20(25)28-5/h6-7,12H,8-11H2,1-5H3,(H,22,30). The van der Waals surface area contributed by atoms with Crippen LogP contribution in [0.2, 0.25) is 0 Å². The van der Waals surface area contributed by atoms with Crippen LogP contribution in [0.4, 0.5) is 5.69 Å². The third kappa shape index (κ3) is 4.60. The van der Waals surface area contributed by atoms with Gasteiger partial charge >= 0.3 is 5.97 Å². The van der Waals surface area contributed by atoms with E-state index in [1.165, 1.54) is 23.9 Å². The first-order valence-corrected chi connectivity index (χ1v) is 11.7. The van der Waals surface area contributed by atoms with E-state index in [1.54, 1.807) is 6.92 Å². The van der Waals surface area contributed by atoms with E-state index in [1.807, 2.05) is 30.9 Å². The highest BCUT2D eigenvalue weighted by Gasteiger charge is 2.37. The Hall–Kier alpha value is -2.43. The maximum Gasteiger partial charge on any atom is 0.342 e. The number of rotatable bonds is 4. The van der Waals surface area contributed by atoms with Gasteiger partial charge in [0.2, 0.25) is 10.0 Å². The Morgan fingerprint density at radius 2 is 1.74 bits per heavy atom. The third-order valence-electron chi connectivity index (χ3n) is 5.34. The smallest absolute Gasteiger partial charge is 0.342 e. The van der Waals surface area contributed by atoms with Crippen molar-refractivity contribution in [3.05, 3.63) is 46.4 Å². The molecule has 1 aromatic heterocycles. The van der Waals surface area contributed by atoms with Gasteiger partial charge in [0.15, 0.2) is 5.11 Å². The highest BCUT2D eigenvalue weighted by atomic mass is 32.2. The Bertz CT molecular complexity index is 1120. The summed E-state index contributed by atoms with van der Waals surface area (Å²) in [5.74, 6) is -0.335. The molecule has 2 aromatic rings. The van der Waals surface area contributed by atoms with Gasteiger partial charge in [-0.25, -0.2) is 13.2 Å². The summed E-state index contributed by atoms with van der Waals surface area (Å²) in [6.45, 7) is 8.46. The Balaban J connectivity index is 1.73. The predicted octanol–water partition coefficient (Wildman–Crippen LogP) is 3.00. The Morgan fingerprint density at radius 3 is 2.32 bits per heavy atom. The summed E-state index contributed by atoms with van der Waals surface area (Å²) >= 11 is 5.54. The van der Waals surface area contributed by atoms with Crippen LogP contribution in [0.25, 0.3) is 0 Å². The van der Waals surface area contributed by atoms with Crippen LogP contribution in [-0.2, 0) is 14.8 Å². The van der Waals surface area contributed by atoms with Crippen molar-refractivity contribution >= 4 is 39.0 Å². The molecule has 1 saturated heterocycles. The molecule has 1 N–H and O–H groups in total. The van der Waals surface area contributed by atoms with E-state index < -0.39 is 16.0 Å². The van der Waals surface area contributed by atoms with Crippen LogP contribution in [0.3, 0.4) is 0 Å². The molecule has 10 heteroatoms. The highest BCUT2D eigenvalue weighted by Crippen LogP contribution is 2.30. The zero-order valence-corrected chi connectivity index (χ0v) is 19.9. The second kappa shape index (κ2) is 8.97. The second-order valence-electron chi connectivity index (χ2n) is 7.55. The highest BCUT2D eigenvalue weighted by molar-refractivity contribution is 7.89. The molecule has 1 aliphatic rings. The van der Waals surface area contributed by atoms with Crippen molar-refractivity contribution in [2.75, 3.05) is 38.6 Å². The third-order valence-corrected chi connectivity index (χ3v) is 7.75. The molecule has 1 fully saturated rings. The molecule has 1 aliphatic heterocycles. The van der Waals surface area contributed by atoms with E-state index in [9.17, 15) is 13.2 Å². The molecule has 0 bridgehead atoms. The number of benzene rings is 1. The van der Waals surface area contributed by atoms with Crippen molar-refractivity contribution in [1.29, 1.82) is 0 Å². The number of carbonyl (C=O) groups excluding carboxylic acids is 1. The van der Waals surface area contributed by atoms with Crippen LogP contribution in [0, 0.1) is 27.7 Å². The zero-order valence-electron chi connectivity index (χ0n) is 18.3. The van der Waals surface area contributed by atoms with Crippen LogP contribution in [-0.4, -0.2) is 62.0 Å². The van der Waals surface area contributed by atoms with Gasteiger partial charge in [-0.2, -0.15) is 4.31 Å². The molecule has 2 heterocycles. The van der Waals surface area contributed by atoms with Gasteiger partial charge in [0.05, 0.1) is 7.11 Å². The summed E-state index contributed by atoms with van der Waals surface area (Å²) in [7, 11) is -2.72. The van der Waals surface area contributed by atoms with Gasteiger partial charge in [0.1, 0.15) is 22.0 Å². The van der Waals surface area contributed by atoms with Crippen molar-refractivity contribution in [3.63, 3.8) is 0 Å². The first-order valence-electron chi connectivity index (χ1n) is 9.88. The van der Waals surface area contributed by atoms with E-state index >= 15 is 0 Å². The van der Waals surface area contributed by atoms with Crippen molar-refractivity contribution in [1.82, 2.24) is 9.21 Å².